The van der Waals surface area contributed by atoms with Crippen LogP contribution in [0.3, 0.4) is 0 Å². The molecular formula is C7H7ClN2. The van der Waals surface area contributed by atoms with E-state index >= 15 is 0 Å². The topological polar surface area (TPSA) is 24.1 Å². The normalized spacial score (nSPS) is 14.5. The molecule has 3 heteroatoms. The average molecular weight is 155 g/mol. The predicted octanol–water partition coefficient (Wildman–Crippen LogP) is 1.77. The molecule has 2 nitrogen and oxygen atoms in total. The lowest BCUT2D eigenvalue weighted by Gasteiger charge is -1.96. The molecule has 0 radical (unpaired) electrons. The van der Waals surface area contributed by atoms with Crippen molar-refractivity contribution in [2.75, 3.05) is 5.43 Å². The number of fused-ring (bicyclic) bond motifs is 1. The maximum atomic E-state index is 5.77. The van der Waals surface area contributed by atoms with Gasteiger partial charge < -0.3 is 5.43 Å². The van der Waals surface area contributed by atoms with Crippen LogP contribution in [0.4, 0.5) is 5.69 Å². The third kappa shape index (κ3) is 0.856. The first-order chi connectivity index (χ1) is 4.86. The lowest BCUT2D eigenvalue weighted by Crippen LogP contribution is -2.10. The van der Waals surface area contributed by atoms with Gasteiger partial charge in [-0.05, 0) is 23.8 Å². The maximum Gasteiger partial charge on any atom is 0.0534 e. The summed E-state index contributed by atoms with van der Waals surface area (Å²) in [5, 5.41) is 0.796. The van der Waals surface area contributed by atoms with E-state index in [1.54, 1.807) is 0 Å². The summed E-state index contributed by atoms with van der Waals surface area (Å²) in [4.78, 5) is 0. The number of halogens is 1. The number of rotatable bonds is 0. The molecule has 0 atom stereocenters. The molecule has 1 aliphatic heterocycles. The molecule has 52 valence electrons. The summed E-state index contributed by atoms with van der Waals surface area (Å²) in [6.07, 6.45) is 0. The Morgan fingerprint density at radius 1 is 1.40 bits per heavy atom. The van der Waals surface area contributed by atoms with Crippen LogP contribution in [-0.4, -0.2) is 0 Å². The van der Waals surface area contributed by atoms with E-state index in [0.717, 1.165) is 17.3 Å². The van der Waals surface area contributed by atoms with E-state index in [1.807, 2.05) is 18.2 Å². The molecule has 0 fully saturated rings. The van der Waals surface area contributed by atoms with E-state index in [4.69, 9.17) is 11.6 Å². The summed E-state index contributed by atoms with van der Waals surface area (Å²) in [5.41, 5.74) is 8.38. The quantitative estimate of drug-likeness (QED) is 0.595. The molecule has 10 heavy (non-hydrogen) atoms. The van der Waals surface area contributed by atoms with E-state index in [0.29, 0.717) is 0 Å². The van der Waals surface area contributed by atoms with Crippen LogP contribution in [0, 0.1) is 0 Å². The third-order valence-corrected chi connectivity index (χ3v) is 1.80. The first kappa shape index (κ1) is 6.01. The molecule has 1 aromatic carbocycles. The van der Waals surface area contributed by atoms with Crippen molar-refractivity contribution in [1.29, 1.82) is 0 Å². The maximum absolute atomic E-state index is 5.77. The fraction of sp³-hybridized carbons (Fsp3) is 0.143. The summed E-state index contributed by atoms with van der Waals surface area (Å²) in [6, 6.07) is 5.81. The Hall–Kier alpha value is -0.730. The largest absolute Gasteiger partial charge is 0.321 e. The number of hydrogen-bond donors (Lipinski definition) is 2. The third-order valence-electron chi connectivity index (χ3n) is 1.57. The highest BCUT2D eigenvalue weighted by Crippen LogP contribution is 2.22. The highest BCUT2D eigenvalue weighted by atomic mass is 35.5. The van der Waals surface area contributed by atoms with Crippen molar-refractivity contribution in [1.82, 2.24) is 5.43 Å². The van der Waals surface area contributed by atoms with Gasteiger partial charge in [0.25, 0.3) is 0 Å². The summed E-state index contributed by atoms with van der Waals surface area (Å²) >= 11 is 5.77. The minimum atomic E-state index is 0.796. The zero-order valence-corrected chi connectivity index (χ0v) is 6.07. The number of benzene rings is 1. The Kier molecular flexibility index (Phi) is 1.29. The van der Waals surface area contributed by atoms with Gasteiger partial charge in [0, 0.05) is 11.6 Å². The summed E-state index contributed by atoms with van der Waals surface area (Å²) in [5.74, 6) is 0. The summed E-state index contributed by atoms with van der Waals surface area (Å²) in [6.45, 7) is 0.857. The highest BCUT2D eigenvalue weighted by Gasteiger charge is 2.07. The van der Waals surface area contributed by atoms with Crippen molar-refractivity contribution in [3.8, 4) is 0 Å². The first-order valence-corrected chi connectivity index (χ1v) is 3.51. The molecule has 1 aliphatic rings. The van der Waals surface area contributed by atoms with Crippen LogP contribution in [0.2, 0.25) is 5.02 Å². The van der Waals surface area contributed by atoms with Crippen molar-refractivity contribution in [3.63, 3.8) is 0 Å². The lowest BCUT2D eigenvalue weighted by atomic mass is 10.2. The molecule has 0 unspecified atom stereocenters. The van der Waals surface area contributed by atoms with Crippen LogP contribution in [0.1, 0.15) is 5.56 Å². The van der Waals surface area contributed by atoms with Crippen molar-refractivity contribution in [2.45, 2.75) is 6.54 Å². The molecule has 0 aromatic heterocycles. The number of hydrazine groups is 1. The van der Waals surface area contributed by atoms with E-state index in [1.165, 1.54) is 5.56 Å². The van der Waals surface area contributed by atoms with Gasteiger partial charge in [-0.2, -0.15) is 0 Å². The van der Waals surface area contributed by atoms with E-state index < -0.39 is 0 Å². The molecule has 0 spiro atoms. The van der Waals surface area contributed by atoms with Crippen LogP contribution in [0.5, 0.6) is 0 Å². The van der Waals surface area contributed by atoms with Crippen molar-refractivity contribution < 1.29 is 0 Å². The molecule has 0 saturated carbocycles. The minimum absolute atomic E-state index is 0.796. The van der Waals surface area contributed by atoms with Gasteiger partial charge in [-0.1, -0.05) is 11.6 Å². The van der Waals surface area contributed by atoms with Crippen molar-refractivity contribution >= 4 is 17.3 Å². The highest BCUT2D eigenvalue weighted by molar-refractivity contribution is 6.30. The Balaban J connectivity index is 2.52. The number of anilines is 1. The van der Waals surface area contributed by atoms with Gasteiger partial charge in [-0.25, -0.2) is 5.43 Å². The molecular weight excluding hydrogens is 148 g/mol. The van der Waals surface area contributed by atoms with E-state index in [9.17, 15) is 0 Å². The van der Waals surface area contributed by atoms with Crippen LogP contribution < -0.4 is 10.9 Å². The van der Waals surface area contributed by atoms with Crippen molar-refractivity contribution in [2.24, 2.45) is 0 Å². The molecule has 1 heterocycles. The molecule has 0 amide bonds. The zero-order valence-electron chi connectivity index (χ0n) is 5.32. The molecule has 1 aromatic rings. The van der Waals surface area contributed by atoms with Gasteiger partial charge in [0.05, 0.1) is 5.69 Å². The van der Waals surface area contributed by atoms with Crippen LogP contribution in [0.15, 0.2) is 18.2 Å². The van der Waals surface area contributed by atoms with Crippen molar-refractivity contribution in [3.05, 3.63) is 28.8 Å². The van der Waals surface area contributed by atoms with Gasteiger partial charge in [0.1, 0.15) is 0 Å². The SMILES string of the molecule is Clc1ccc2c(c1)CNN2. The van der Waals surface area contributed by atoms with Gasteiger partial charge in [-0.15, -0.1) is 0 Å². The average Bonchev–Trinajstić information content (AvgIpc) is 2.33. The molecule has 0 saturated heterocycles. The fourth-order valence-electron chi connectivity index (χ4n) is 1.07. The predicted molar refractivity (Wildman–Crippen MR) is 41.9 cm³/mol. The second kappa shape index (κ2) is 2.15. The molecule has 2 N–H and O–H groups in total. The van der Waals surface area contributed by atoms with Gasteiger partial charge >= 0.3 is 0 Å². The Labute approximate surface area is 64.2 Å². The Bertz CT molecular complexity index is 260. The molecule has 0 aliphatic carbocycles. The second-order valence-electron chi connectivity index (χ2n) is 2.28. The standard InChI is InChI=1S/C7H7ClN2/c8-6-1-2-7-5(3-6)4-9-10-7/h1-3,9-10H,4H2. The van der Waals surface area contributed by atoms with Gasteiger partial charge in [0.2, 0.25) is 0 Å². The zero-order chi connectivity index (χ0) is 6.97. The minimum Gasteiger partial charge on any atom is -0.321 e. The first-order valence-electron chi connectivity index (χ1n) is 3.13. The molecule has 0 bridgehead atoms. The molecule has 2 rings (SSSR count). The second-order valence-corrected chi connectivity index (χ2v) is 2.72. The van der Waals surface area contributed by atoms with Crippen LogP contribution in [-0.2, 0) is 6.54 Å². The lowest BCUT2D eigenvalue weighted by molar-refractivity contribution is 0.860. The number of hydrogen-bond acceptors (Lipinski definition) is 2. The smallest absolute Gasteiger partial charge is 0.0534 e. The van der Waals surface area contributed by atoms with Crippen LogP contribution in [0.25, 0.3) is 0 Å². The summed E-state index contributed by atoms with van der Waals surface area (Å²) < 4.78 is 0. The summed E-state index contributed by atoms with van der Waals surface area (Å²) in [7, 11) is 0. The van der Waals surface area contributed by atoms with Gasteiger partial charge in [0.15, 0.2) is 0 Å². The van der Waals surface area contributed by atoms with E-state index in [-0.39, 0.29) is 0 Å². The Morgan fingerprint density at radius 2 is 2.30 bits per heavy atom. The Morgan fingerprint density at radius 3 is 3.20 bits per heavy atom. The van der Waals surface area contributed by atoms with Gasteiger partial charge in [-0.3, -0.25) is 0 Å². The number of nitrogens with one attached hydrogen (secondary N) is 2. The monoisotopic (exact) mass is 154 g/mol. The van der Waals surface area contributed by atoms with Crippen LogP contribution >= 0.6 is 11.6 Å². The fourth-order valence-corrected chi connectivity index (χ4v) is 1.26. The van der Waals surface area contributed by atoms with E-state index in [2.05, 4.69) is 10.9 Å².